The lowest BCUT2D eigenvalue weighted by Crippen LogP contribution is -2.17. The highest BCUT2D eigenvalue weighted by Gasteiger charge is 2.20. The lowest BCUT2D eigenvalue weighted by molar-refractivity contribution is 0.0697. The van der Waals surface area contributed by atoms with Gasteiger partial charge in [0.25, 0.3) is 0 Å². The van der Waals surface area contributed by atoms with Gasteiger partial charge in [-0.05, 0) is 62.1 Å². The minimum absolute atomic E-state index is 0.221. The molecule has 1 fully saturated rings. The number of nitrogens with zero attached hydrogens (tertiary/aromatic N) is 2. The van der Waals surface area contributed by atoms with E-state index < -0.39 is 5.97 Å². The number of hydrogen-bond acceptors (Lipinski definition) is 6. The Kier molecular flexibility index (Phi) is 6.18. The molecule has 1 aliphatic carbocycles. The lowest BCUT2D eigenvalue weighted by atomic mass is 10.1. The number of ether oxygens (including phenoxy) is 2. The normalized spacial score (nSPS) is 13.9. The molecule has 0 saturated heterocycles. The molecule has 0 atom stereocenters. The molecule has 3 aromatic rings. The van der Waals surface area contributed by atoms with Crippen molar-refractivity contribution in [2.24, 2.45) is 0 Å². The molecule has 0 aliphatic heterocycles. The first-order chi connectivity index (χ1) is 14.6. The van der Waals surface area contributed by atoms with Crippen LogP contribution in [0.3, 0.4) is 0 Å². The van der Waals surface area contributed by atoms with Crippen molar-refractivity contribution in [3.05, 3.63) is 64.6 Å². The number of aromatic carboxylic acids is 1. The zero-order valence-corrected chi connectivity index (χ0v) is 17.6. The van der Waals surface area contributed by atoms with Crippen molar-refractivity contribution in [1.82, 2.24) is 4.98 Å². The molecule has 0 spiro atoms. The van der Waals surface area contributed by atoms with E-state index in [1.165, 1.54) is 12.8 Å². The summed E-state index contributed by atoms with van der Waals surface area (Å²) in [6.07, 6.45) is 6.59. The van der Waals surface area contributed by atoms with Gasteiger partial charge < -0.3 is 19.5 Å². The number of methoxy groups -OCH3 is 1. The van der Waals surface area contributed by atoms with Crippen molar-refractivity contribution < 1.29 is 19.4 Å². The van der Waals surface area contributed by atoms with E-state index in [0.29, 0.717) is 12.3 Å². The maximum absolute atomic E-state index is 11.2. The van der Waals surface area contributed by atoms with E-state index in [1.807, 2.05) is 42.0 Å². The van der Waals surface area contributed by atoms with E-state index in [4.69, 9.17) is 9.47 Å². The van der Waals surface area contributed by atoms with Gasteiger partial charge in [-0.15, -0.1) is 11.3 Å². The third-order valence-corrected chi connectivity index (χ3v) is 6.04. The molecular formula is C23H24N2O4S. The van der Waals surface area contributed by atoms with Gasteiger partial charge in [-0.1, -0.05) is 0 Å². The lowest BCUT2D eigenvalue weighted by Gasteiger charge is -2.26. The van der Waals surface area contributed by atoms with Gasteiger partial charge in [0.2, 0.25) is 0 Å². The fourth-order valence-corrected chi connectivity index (χ4v) is 4.29. The molecule has 156 valence electrons. The minimum Gasteiger partial charge on any atom is -0.493 e. The Morgan fingerprint density at radius 1 is 1.13 bits per heavy atom. The van der Waals surface area contributed by atoms with Gasteiger partial charge >= 0.3 is 5.97 Å². The average molecular weight is 425 g/mol. The maximum atomic E-state index is 11.2. The van der Waals surface area contributed by atoms with Gasteiger partial charge in [-0.2, -0.15) is 0 Å². The highest BCUT2D eigenvalue weighted by Crippen LogP contribution is 2.38. The Balaban J connectivity index is 1.69. The van der Waals surface area contributed by atoms with Crippen molar-refractivity contribution in [1.29, 1.82) is 0 Å². The van der Waals surface area contributed by atoms with Crippen LogP contribution in [0.4, 0.5) is 11.4 Å². The van der Waals surface area contributed by atoms with Crippen LogP contribution in [0, 0.1) is 0 Å². The molecule has 1 aliphatic rings. The molecule has 0 radical (unpaired) electrons. The predicted octanol–water partition coefficient (Wildman–Crippen LogP) is 5.51. The van der Waals surface area contributed by atoms with Crippen molar-refractivity contribution in [3.63, 3.8) is 0 Å². The van der Waals surface area contributed by atoms with Gasteiger partial charge in [0.05, 0.1) is 30.8 Å². The standard InChI is InChI=1S/C23H24N2O4S/c1-28-21-11-10-18(12-22(21)29-19-4-2-3-5-19)25(14-20-13-24-15-30-20)17-8-6-16(7-9-17)23(26)27/h6-13,15,19H,2-5,14H2,1H3,(H,26,27). The molecule has 6 nitrogen and oxygen atoms in total. The Bertz CT molecular complexity index is 983. The van der Waals surface area contributed by atoms with E-state index >= 15 is 0 Å². The number of anilines is 2. The second kappa shape index (κ2) is 9.17. The summed E-state index contributed by atoms with van der Waals surface area (Å²) in [4.78, 5) is 18.6. The van der Waals surface area contributed by atoms with Crippen molar-refractivity contribution in [2.45, 2.75) is 38.3 Å². The van der Waals surface area contributed by atoms with Gasteiger partial charge in [-0.25, -0.2) is 4.79 Å². The maximum Gasteiger partial charge on any atom is 0.335 e. The highest BCUT2D eigenvalue weighted by molar-refractivity contribution is 7.09. The average Bonchev–Trinajstić information content (AvgIpc) is 3.46. The van der Waals surface area contributed by atoms with Crippen LogP contribution in [0.1, 0.15) is 40.9 Å². The molecule has 4 rings (SSSR count). The van der Waals surface area contributed by atoms with Gasteiger partial charge in [-0.3, -0.25) is 4.98 Å². The van der Waals surface area contributed by atoms with Crippen LogP contribution in [0.5, 0.6) is 11.5 Å². The quantitative estimate of drug-likeness (QED) is 0.514. The second-order valence-corrected chi connectivity index (χ2v) is 8.24. The third-order valence-electron chi connectivity index (χ3n) is 5.28. The van der Waals surface area contributed by atoms with Crippen LogP contribution in [-0.2, 0) is 6.54 Å². The molecule has 1 saturated carbocycles. The number of benzene rings is 2. The van der Waals surface area contributed by atoms with Gasteiger partial charge in [0.1, 0.15) is 0 Å². The molecule has 1 aromatic heterocycles. The second-order valence-electron chi connectivity index (χ2n) is 7.27. The Labute approximate surface area is 179 Å². The van der Waals surface area contributed by atoms with Crippen LogP contribution in [-0.4, -0.2) is 29.3 Å². The molecule has 0 amide bonds. The smallest absolute Gasteiger partial charge is 0.335 e. The Hall–Kier alpha value is -3.06. The van der Waals surface area contributed by atoms with Gasteiger partial charge in [0.15, 0.2) is 11.5 Å². The molecule has 0 unspecified atom stereocenters. The fourth-order valence-electron chi connectivity index (χ4n) is 3.70. The van der Waals surface area contributed by atoms with Crippen molar-refractivity contribution in [2.75, 3.05) is 12.0 Å². The van der Waals surface area contributed by atoms with Crippen LogP contribution in [0.2, 0.25) is 0 Å². The summed E-state index contributed by atoms with van der Waals surface area (Å²) < 4.78 is 11.8. The first kappa shape index (κ1) is 20.2. The first-order valence-corrected chi connectivity index (χ1v) is 10.8. The number of carboxylic acids is 1. The minimum atomic E-state index is -0.938. The Morgan fingerprint density at radius 2 is 1.87 bits per heavy atom. The topological polar surface area (TPSA) is 71.9 Å². The summed E-state index contributed by atoms with van der Waals surface area (Å²) in [6.45, 7) is 0.617. The number of carboxylic acid groups (broad SMARTS) is 1. The van der Waals surface area contributed by atoms with E-state index in [0.717, 1.165) is 34.8 Å². The van der Waals surface area contributed by atoms with Gasteiger partial charge in [0, 0.05) is 28.5 Å². The van der Waals surface area contributed by atoms with Crippen LogP contribution >= 0.6 is 11.3 Å². The Morgan fingerprint density at radius 3 is 2.50 bits per heavy atom. The number of thiazole rings is 1. The molecule has 2 aromatic carbocycles. The third kappa shape index (κ3) is 4.57. The summed E-state index contributed by atoms with van der Waals surface area (Å²) in [5.74, 6) is 0.509. The summed E-state index contributed by atoms with van der Waals surface area (Å²) in [5.41, 5.74) is 3.91. The monoisotopic (exact) mass is 424 g/mol. The SMILES string of the molecule is COc1ccc(N(Cc2cncs2)c2ccc(C(=O)O)cc2)cc1OC1CCCC1. The van der Waals surface area contributed by atoms with Crippen LogP contribution in [0.25, 0.3) is 0 Å². The number of hydrogen-bond donors (Lipinski definition) is 1. The van der Waals surface area contributed by atoms with Crippen LogP contribution in [0.15, 0.2) is 54.2 Å². The van der Waals surface area contributed by atoms with Crippen molar-refractivity contribution in [3.8, 4) is 11.5 Å². The van der Waals surface area contributed by atoms with E-state index in [-0.39, 0.29) is 11.7 Å². The first-order valence-electron chi connectivity index (χ1n) is 9.97. The van der Waals surface area contributed by atoms with Crippen molar-refractivity contribution >= 4 is 28.7 Å². The summed E-state index contributed by atoms with van der Waals surface area (Å²) in [7, 11) is 1.65. The molecule has 0 bridgehead atoms. The molecular weight excluding hydrogens is 400 g/mol. The predicted molar refractivity (Wildman–Crippen MR) is 117 cm³/mol. The summed E-state index contributed by atoms with van der Waals surface area (Å²) in [5, 5.41) is 9.22. The zero-order chi connectivity index (χ0) is 20.9. The summed E-state index contributed by atoms with van der Waals surface area (Å²) in [6, 6.07) is 12.8. The molecule has 30 heavy (non-hydrogen) atoms. The fraction of sp³-hybridized carbons (Fsp3) is 0.304. The number of rotatable bonds is 8. The molecule has 1 N–H and O–H groups in total. The highest BCUT2D eigenvalue weighted by atomic mass is 32.1. The van der Waals surface area contributed by atoms with E-state index in [1.54, 1.807) is 30.6 Å². The number of carbonyl (C=O) groups is 1. The molecule has 1 heterocycles. The molecule has 7 heteroatoms. The van der Waals surface area contributed by atoms with E-state index in [9.17, 15) is 9.90 Å². The van der Waals surface area contributed by atoms with Crippen LogP contribution < -0.4 is 14.4 Å². The zero-order valence-electron chi connectivity index (χ0n) is 16.8. The number of aromatic nitrogens is 1. The summed E-state index contributed by atoms with van der Waals surface area (Å²) >= 11 is 1.58. The largest absolute Gasteiger partial charge is 0.493 e. The van der Waals surface area contributed by atoms with E-state index in [2.05, 4.69) is 9.88 Å².